The predicted octanol–water partition coefficient (Wildman–Crippen LogP) is 4.70. The standard InChI is InChI=1S/C20H27N3O3S2/c24-17(25)12-27-18-10-21-19(28-18)22-20(26)23(16-4-2-1-3-5-16)11-15-9-13-6-7-14(15)8-13/h6-7,10,13-16H,1-5,8-9,11-12H2,(H,24,25)(H,21,22,26). The number of anilines is 1. The van der Waals surface area contributed by atoms with E-state index in [1.54, 1.807) is 6.20 Å². The van der Waals surface area contributed by atoms with Crippen molar-refractivity contribution in [1.82, 2.24) is 9.88 Å². The van der Waals surface area contributed by atoms with Gasteiger partial charge in [0, 0.05) is 12.6 Å². The molecule has 1 heterocycles. The number of allylic oxidation sites excluding steroid dienone is 2. The Morgan fingerprint density at radius 1 is 1.25 bits per heavy atom. The minimum Gasteiger partial charge on any atom is -0.481 e. The number of hydrogen-bond donors (Lipinski definition) is 2. The van der Waals surface area contributed by atoms with Crippen LogP contribution >= 0.6 is 23.1 Å². The highest BCUT2D eigenvalue weighted by molar-refractivity contribution is 8.01. The molecule has 0 aliphatic heterocycles. The molecule has 0 radical (unpaired) electrons. The van der Waals surface area contributed by atoms with Crippen molar-refractivity contribution in [2.24, 2.45) is 17.8 Å². The molecule has 28 heavy (non-hydrogen) atoms. The summed E-state index contributed by atoms with van der Waals surface area (Å²) in [6.07, 6.45) is 14.6. The van der Waals surface area contributed by atoms with Crippen molar-refractivity contribution in [1.29, 1.82) is 0 Å². The SMILES string of the molecule is O=C(O)CSc1cnc(NC(=O)N(CC2CC3C=CC2C3)C2CCCCC2)s1. The van der Waals surface area contributed by atoms with Crippen LogP contribution < -0.4 is 5.32 Å². The molecule has 6 nitrogen and oxygen atoms in total. The van der Waals surface area contributed by atoms with Crippen molar-refractivity contribution in [2.45, 2.75) is 55.2 Å². The molecule has 3 aliphatic rings. The van der Waals surface area contributed by atoms with Gasteiger partial charge in [0.2, 0.25) is 0 Å². The second-order valence-electron chi connectivity index (χ2n) is 8.08. The Kier molecular flexibility index (Phi) is 6.25. The zero-order valence-electron chi connectivity index (χ0n) is 15.9. The highest BCUT2D eigenvalue weighted by Gasteiger charge is 2.38. The molecule has 0 aromatic carbocycles. The van der Waals surface area contributed by atoms with Crippen LogP contribution in [-0.2, 0) is 4.79 Å². The Morgan fingerprint density at radius 2 is 2.07 bits per heavy atom. The molecule has 8 heteroatoms. The molecule has 2 saturated carbocycles. The molecule has 152 valence electrons. The molecule has 3 unspecified atom stereocenters. The first-order chi connectivity index (χ1) is 13.6. The molecule has 2 amide bonds. The van der Waals surface area contributed by atoms with Crippen LogP contribution in [0.3, 0.4) is 0 Å². The van der Waals surface area contributed by atoms with E-state index in [-0.39, 0.29) is 11.8 Å². The van der Waals surface area contributed by atoms with E-state index in [2.05, 4.69) is 27.4 Å². The number of thiazole rings is 1. The first kappa shape index (κ1) is 19.8. The monoisotopic (exact) mass is 421 g/mol. The number of thioether (sulfide) groups is 1. The minimum absolute atomic E-state index is 0.00152. The molecule has 1 aromatic rings. The average Bonchev–Trinajstić information content (AvgIpc) is 3.42. The van der Waals surface area contributed by atoms with Crippen molar-refractivity contribution in [3.63, 3.8) is 0 Å². The maximum absolute atomic E-state index is 13.1. The first-order valence-corrected chi connectivity index (χ1v) is 11.9. The molecule has 3 atom stereocenters. The fourth-order valence-electron chi connectivity index (χ4n) is 4.83. The summed E-state index contributed by atoms with van der Waals surface area (Å²) in [4.78, 5) is 30.2. The maximum Gasteiger partial charge on any atom is 0.323 e. The van der Waals surface area contributed by atoms with Crippen LogP contribution in [0.25, 0.3) is 0 Å². The first-order valence-electron chi connectivity index (χ1n) is 10.1. The highest BCUT2D eigenvalue weighted by Crippen LogP contribution is 2.44. The van der Waals surface area contributed by atoms with Gasteiger partial charge in [0.25, 0.3) is 0 Å². The van der Waals surface area contributed by atoms with E-state index in [0.717, 1.165) is 23.6 Å². The fourth-order valence-corrected chi connectivity index (χ4v) is 6.41. The average molecular weight is 422 g/mol. The summed E-state index contributed by atoms with van der Waals surface area (Å²) in [5, 5.41) is 12.3. The van der Waals surface area contributed by atoms with Gasteiger partial charge in [-0.05, 0) is 43.4 Å². The molecule has 2 fully saturated rings. The van der Waals surface area contributed by atoms with Gasteiger partial charge in [0.15, 0.2) is 5.13 Å². The summed E-state index contributed by atoms with van der Waals surface area (Å²) in [5.41, 5.74) is 0. The summed E-state index contributed by atoms with van der Waals surface area (Å²) in [5.74, 6) is 1.05. The number of carbonyl (C=O) groups excluding carboxylic acids is 1. The summed E-state index contributed by atoms with van der Waals surface area (Å²) in [7, 11) is 0. The van der Waals surface area contributed by atoms with Crippen LogP contribution in [0.1, 0.15) is 44.9 Å². The van der Waals surface area contributed by atoms with E-state index in [1.807, 2.05) is 0 Å². The lowest BCUT2D eigenvalue weighted by molar-refractivity contribution is -0.133. The summed E-state index contributed by atoms with van der Waals surface area (Å²) >= 11 is 2.57. The fraction of sp³-hybridized carbons (Fsp3) is 0.650. The second-order valence-corrected chi connectivity index (χ2v) is 10.4. The number of nitrogens with one attached hydrogen (secondary N) is 1. The Labute approximate surface area is 173 Å². The summed E-state index contributed by atoms with van der Waals surface area (Å²) in [6, 6.07) is 0.264. The van der Waals surface area contributed by atoms with Crippen LogP contribution in [0.4, 0.5) is 9.93 Å². The lowest BCUT2D eigenvalue weighted by atomic mass is 9.90. The van der Waals surface area contributed by atoms with Crippen molar-refractivity contribution >= 4 is 40.2 Å². The number of aliphatic carboxylic acids is 1. The van der Waals surface area contributed by atoms with E-state index in [9.17, 15) is 9.59 Å². The van der Waals surface area contributed by atoms with E-state index in [4.69, 9.17) is 5.11 Å². The molecule has 2 N–H and O–H groups in total. The summed E-state index contributed by atoms with van der Waals surface area (Å²) < 4.78 is 0.806. The van der Waals surface area contributed by atoms with Crippen LogP contribution in [0.15, 0.2) is 22.6 Å². The lowest BCUT2D eigenvalue weighted by Crippen LogP contribution is -2.46. The van der Waals surface area contributed by atoms with E-state index >= 15 is 0 Å². The largest absolute Gasteiger partial charge is 0.481 e. The van der Waals surface area contributed by atoms with Gasteiger partial charge in [0.1, 0.15) is 0 Å². The number of carboxylic acids is 1. The van der Waals surface area contributed by atoms with Gasteiger partial charge in [-0.15, -0.1) is 11.8 Å². The van der Waals surface area contributed by atoms with Gasteiger partial charge in [0.05, 0.1) is 16.2 Å². The number of hydrogen-bond acceptors (Lipinski definition) is 5. The molecular weight excluding hydrogens is 394 g/mol. The number of fused-ring (bicyclic) bond motifs is 2. The maximum atomic E-state index is 13.1. The quantitative estimate of drug-likeness (QED) is 0.493. The molecule has 0 saturated heterocycles. The molecular formula is C20H27N3O3S2. The molecule has 0 spiro atoms. The van der Waals surface area contributed by atoms with Crippen molar-refractivity contribution in [3.8, 4) is 0 Å². The Morgan fingerprint density at radius 3 is 2.75 bits per heavy atom. The third-order valence-corrected chi connectivity index (χ3v) is 8.25. The van der Waals surface area contributed by atoms with Crippen molar-refractivity contribution < 1.29 is 14.7 Å². The van der Waals surface area contributed by atoms with Crippen molar-refractivity contribution in [2.75, 3.05) is 17.6 Å². The number of urea groups is 1. The van der Waals surface area contributed by atoms with E-state index in [1.165, 1.54) is 55.2 Å². The number of carbonyl (C=O) groups is 2. The van der Waals surface area contributed by atoms with Crippen LogP contribution in [0.5, 0.6) is 0 Å². The normalized spacial score (nSPS) is 26.5. The topological polar surface area (TPSA) is 82.5 Å². The number of amides is 2. The van der Waals surface area contributed by atoms with E-state index < -0.39 is 5.97 Å². The zero-order valence-corrected chi connectivity index (χ0v) is 17.5. The molecule has 3 aliphatic carbocycles. The Bertz CT molecular complexity index is 745. The Hall–Kier alpha value is -1.54. The van der Waals surface area contributed by atoms with Gasteiger partial charge >= 0.3 is 12.0 Å². The zero-order chi connectivity index (χ0) is 19.5. The van der Waals surface area contributed by atoms with Crippen LogP contribution in [0, 0.1) is 17.8 Å². The minimum atomic E-state index is -0.854. The van der Waals surface area contributed by atoms with E-state index in [0.29, 0.717) is 28.9 Å². The molecule has 4 rings (SSSR count). The number of rotatable bonds is 7. The highest BCUT2D eigenvalue weighted by atomic mass is 32.2. The van der Waals surface area contributed by atoms with Gasteiger partial charge in [-0.1, -0.05) is 42.8 Å². The third-order valence-electron chi connectivity index (χ3n) is 6.16. The Balaban J connectivity index is 1.41. The third kappa shape index (κ3) is 4.71. The smallest absolute Gasteiger partial charge is 0.323 e. The van der Waals surface area contributed by atoms with Gasteiger partial charge in [-0.25, -0.2) is 9.78 Å². The second kappa shape index (κ2) is 8.86. The van der Waals surface area contributed by atoms with Crippen LogP contribution in [-0.4, -0.2) is 45.3 Å². The molecule has 2 bridgehead atoms. The predicted molar refractivity (Wildman–Crippen MR) is 112 cm³/mol. The lowest BCUT2D eigenvalue weighted by Gasteiger charge is -2.37. The van der Waals surface area contributed by atoms with Crippen LogP contribution in [0.2, 0.25) is 0 Å². The number of aromatic nitrogens is 1. The number of carboxylic acid groups (broad SMARTS) is 1. The van der Waals surface area contributed by atoms with Gasteiger partial charge in [-0.3, -0.25) is 10.1 Å². The summed E-state index contributed by atoms with van der Waals surface area (Å²) in [6.45, 7) is 0.827. The molecule has 1 aromatic heterocycles. The van der Waals surface area contributed by atoms with Gasteiger partial charge in [-0.2, -0.15) is 0 Å². The van der Waals surface area contributed by atoms with Crippen molar-refractivity contribution in [3.05, 3.63) is 18.3 Å². The van der Waals surface area contributed by atoms with Gasteiger partial charge < -0.3 is 10.0 Å². The number of nitrogens with zero attached hydrogens (tertiary/aromatic N) is 2.